The summed E-state index contributed by atoms with van der Waals surface area (Å²) in [6.07, 6.45) is 0. The van der Waals surface area contributed by atoms with Crippen LogP contribution in [0.15, 0.2) is 158 Å². The standard InChI is InChI=1S/C40H26/c1-2-9-29-22-31(19-16-27(29)8-1)33-21-18-28-17-20-32(24-36(28)25-33)30-11-7-12-34(23-30)40-26-35-10-3-4-13-37(35)38-14-5-6-15-39(38)40/h1-26H. The highest BCUT2D eigenvalue weighted by atomic mass is 14.1. The Labute approximate surface area is 233 Å². The van der Waals surface area contributed by atoms with Crippen molar-refractivity contribution in [1.82, 2.24) is 0 Å². The molecule has 40 heavy (non-hydrogen) atoms. The summed E-state index contributed by atoms with van der Waals surface area (Å²) in [7, 11) is 0. The van der Waals surface area contributed by atoms with Gasteiger partial charge in [0.15, 0.2) is 0 Å². The molecule has 0 heteroatoms. The predicted octanol–water partition coefficient (Wildman–Crippen LogP) is 11.3. The number of rotatable bonds is 3. The van der Waals surface area contributed by atoms with Crippen LogP contribution >= 0.6 is 0 Å². The largest absolute Gasteiger partial charge is 0.0616 e. The number of benzene rings is 8. The van der Waals surface area contributed by atoms with E-state index in [4.69, 9.17) is 0 Å². The molecule has 8 aromatic rings. The zero-order valence-electron chi connectivity index (χ0n) is 22.0. The summed E-state index contributed by atoms with van der Waals surface area (Å²) >= 11 is 0. The minimum absolute atomic E-state index is 1.23. The van der Waals surface area contributed by atoms with E-state index in [9.17, 15) is 0 Å². The molecule has 0 saturated heterocycles. The molecule has 0 atom stereocenters. The highest BCUT2D eigenvalue weighted by Crippen LogP contribution is 2.37. The van der Waals surface area contributed by atoms with Crippen molar-refractivity contribution in [2.24, 2.45) is 0 Å². The maximum atomic E-state index is 2.34. The first kappa shape index (κ1) is 22.8. The molecular formula is C40H26. The van der Waals surface area contributed by atoms with Crippen molar-refractivity contribution in [1.29, 1.82) is 0 Å². The summed E-state index contributed by atoms with van der Waals surface area (Å²) in [5.41, 5.74) is 7.46. The van der Waals surface area contributed by atoms with Crippen LogP contribution in [0.2, 0.25) is 0 Å². The average Bonchev–Trinajstić information content (AvgIpc) is 3.03. The second-order valence-corrected chi connectivity index (χ2v) is 10.6. The van der Waals surface area contributed by atoms with Gasteiger partial charge in [-0.05, 0) is 107 Å². The fraction of sp³-hybridized carbons (Fsp3) is 0. The van der Waals surface area contributed by atoms with Crippen molar-refractivity contribution in [2.45, 2.75) is 0 Å². The molecule has 0 aromatic heterocycles. The highest BCUT2D eigenvalue weighted by molar-refractivity contribution is 6.13. The van der Waals surface area contributed by atoms with Gasteiger partial charge in [0.1, 0.15) is 0 Å². The third kappa shape index (κ3) is 3.85. The molecule has 0 fully saturated rings. The maximum Gasteiger partial charge on any atom is -0.00988 e. The lowest BCUT2D eigenvalue weighted by atomic mass is 9.91. The summed E-state index contributed by atoms with van der Waals surface area (Å²) in [6.45, 7) is 0. The van der Waals surface area contributed by atoms with E-state index in [0.717, 1.165) is 0 Å². The van der Waals surface area contributed by atoms with Crippen molar-refractivity contribution >= 4 is 43.1 Å². The smallest absolute Gasteiger partial charge is 0.00988 e. The van der Waals surface area contributed by atoms with E-state index in [1.165, 1.54) is 76.5 Å². The summed E-state index contributed by atoms with van der Waals surface area (Å²) in [6, 6.07) is 57.7. The van der Waals surface area contributed by atoms with Gasteiger partial charge in [0.05, 0.1) is 0 Å². The molecule has 0 spiro atoms. The topological polar surface area (TPSA) is 0 Å². The zero-order chi connectivity index (χ0) is 26.5. The SMILES string of the molecule is c1cc(-c2ccc3ccc(-c4ccc5ccccc5c4)cc3c2)cc(-c2cc3ccccc3c3ccccc23)c1. The van der Waals surface area contributed by atoms with Crippen LogP contribution in [0.4, 0.5) is 0 Å². The maximum absolute atomic E-state index is 2.34. The van der Waals surface area contributed by atoms with Gasteiger partial charge in [0, 0.05) is 0 Å². The van der Waals surface area contributed by atoms with E-state index in [-0.39, 0.29) is 0 Å². The van der Waals surface area contributed by atoms with E-state index in [1.807, 2.05) is 0 Å². The molecular weight excluding hydrogens is 480 g/mol. The fourth-order valence-corrected chi connectivity index (χ4v) is 6.13. The van der Waals surface area contributed by atoms with E-state index < -0.39 is 0 Å². The van der Waals surface area contributed by atoms with E-state index in [2.05, 4.69) is 158 Å². The van der Waals surface area contributed by atoms with Crippen molar-refractivity contribution in [3.05, 3.63) is 158 Å². The lowest BCUT2D eigenvalue weighted by Gasteiger charge is -2.13. The molecule has 8 rings (SSSR count). The summed E-state index contributed by atoms with van der Waals surface area (Å²) in [4.78, 5) is 0. The van der Waals surface area contributed by atoms with Gasteiger partial charge in [-0.3, -0.25) is 0 Å². The molecule has 0 nitrogen and oxygen atoms in total. The molecule has 0 N–H and O–H groups in total. The van der Waals surface area contributed by atoms with Crippen LogP contribution in [0.3, 0.4) is 0 Å². The zero-order valence-corrected chi connectivity index (χ0v) is 22.0. The normalized spacial score (nSPS) is 11.5. The molecule has 0 aliphatic rings. The van der Waals surface area contributed by atoms with Gasteiger partial charge in [0.2, 0.25) is 0 Å². The lowest BCUT2D eigenvalue weighted by Crippen LogP contribution is -1.86. The Morgan fingerprint density at radius 1 is 0.225 bits per heavy atom. The van der Waals surface area contributed by atoms with Gasteiger partial charge in [-0.2, -0.15) is 0 Å². The Kier molecular flexibility index (Phi) is 5.24. The quantitative estimate of drug-likeness (QED) is 0.209. The van der Waals surface area contributed by atoms with Gasteiger partial charge in [0.25, 0.3) is 0 Å². The Morgan fingerprint density at radius 2 is 0.725 bits per heavy atom. The molecule has 186 valence electrons. The Hall–Kier alpha value is -5.20. The van der Waals surface area contributed by atoms with Crippen LogP contribution in [0.1, 0.15) is 0 Å². The van der Waals surface area contributed by atoms with Gasteiger partial charge in [-0.25, -0.2) is 0 Å². The van der Waals surface area contributed by atoms with E-state index in [1.54, 1.807) is 0 Å². The van der Waals surface area contributed by atoms with Gasteiger partial charge < -0.3 is 0 Å². The molecule has 0 bridgehead atoms. The molecule has 0 aliphatic heterocycles. The third-order valence-electron chi connectivity index (χ3n) is 8.20. The van der Waals surface area contributed by atoms with Gasteiger partial charge in [-0.1, -0.05) is 127 Å². The minimum Gasteiger partial charge on any atom is -0.0616 e. The molecule has 0 saturated carbocycles. The van der Waals surface area contributed by atoms with Crippen molar-refractivity contribution < 1.29 is 0 Å². The first-order valence-electron chi connectivity index (χ1n) is 13.8. The predicted molar refractivity (Wildman–Crippen MR) is 173 cm³/mol. The Morgan fingerprint density at radius 3 is 1.45 bits per heavy atom. The molecule has 0 unspecified atom stereocenters. The molecule has 0 radical (unpaired) electrons. The molecule has 8 aromatic carbocycles. The van der Waals surface area contributed by atoms with Crippen LogP contribution in [0.5, 0.6) is 0 Å². The van der Waals surface area contributed by atoms with E-state index >= 15 is 0 Å². The monoisotopic (exact) mass is 506 g/mol. The Balaban J connectivity index is 1.23. The highest BCUT2D eigenvalue weighted by Gasteiger charge is 2.10. The summed E-state index contributed by atoms with van der Waals surface area (Å²) < 4.78 is 0. The second kappa shape index (κ2) is 9.22. The van der Waals surface area contributed by atoms with Crippen molar-refractivity contribution in [3.63, 3.8) is 0 Å². The average molecular weight is 507 g/mol. The minimum atomic E-state index is 1.23. The second-order valence-electron chi connectivity index (χ2n) is 10.6. The first-order valence-corrected chi connectivity index (χ1v) is 13.8. The summed E-state index contributed by atoms with van der Waals surface area (Å²) in [5.74, 6) is 0. The fourth-order valence-electron chi connectivity index (χ4n) is 6.13. The third-order valence-corrected chi connectivity index (χ3v) is 8.20. The van der Waals surface area contributed by atoms with Crippen molar-refractivity contribution in [3.8, 4) is 33.4 Å². The Bertz CT molecular complexity index is 2220. The summed E-state index contributed by atoms with van der Waals surface area (Å²) in [5, 5.41) is 10.2. The van der Waals surface area contributed by atoms with Crippen LogP contribution in [0, 0.1) is 0 Å². The van der Waals surface area contributed by atoms with Gasteiger partial charge >= 0.3 is 0 Å². The van der Waals surface area contributed by atoms with Crippen LogP contribution < -0.4 is 0 Å². The first-order chi connectivity index (χ1) is 19.8. The van der Waals surface area contributed by atoms with Gasteiger partial charge in [-0.15, -0.1) is 0 Å². The van der Waals surface area contributed by atoms with Crippen molar-refractivity contribution in [2.75, 3.05) is 0 Å². The molecule has 0 heterocycles. The number of hydrogen-bond donors (Lipinski definition) is 0. The number of hydrogen-bond acceptors (Lipinski definition) is 0. The van der Waals surface area contributed by atoms with Crippen LogP contribution in [-0.2, 0) is 0 Å². The molecule has 0 amide bonds. The number of fused-ring (bicyclic) bond motifs is 5. The molecule has 0 aliphatic carbocycles. The van der Waals surface area contributed by atoms with Crippen LogP contribution in [-0.4, -0.2) is 0 Å². The van der Waals surface area contributed by atoms with E-state index in [0.29, 0.717) is 0 Å². The van der Waals surface area contributed by atoms with Crippen LogP contribution in [0.25, 0.3) is 76.5 Å². The lowest BCUT2D eigenvalue weighted by molar-refractivity contribution is 1.62.